The highest BCUT2D eigenvalue weighted by molar-refractivity contribution is 7.92. The van der Waals surface area contributed by atoms with Crippen LogP contribution in [0.1, 0.15) is 62.1 Å². The number of sulfonamides is 1. The summed E-state index contributed by atoms with van der Waals surface area (Å²) in [7, 11) is -2.18. The Kier molecular flexibility index (Phi) is 10.2. The van der Waals surface area contributed by atoms with E-state index in [-0.39, 0.29) is 18.5 Å². The fourth-order valence-electron chi connectivity index (χ4n) is 4.89. The van der Waals surface area contributed by atoms with Crippen molar-refractivity contribution in [3.63, 3.8) is 0 Å². The van der Waals surface area contributed by atoms with Gasteiger partial charge in [0.05, 0.1) is 19.1 Å². The number of nitrogens with zero attached hydrogens (tertiary/aromatic N) is 2. The molecule has 0 radical (unpaired) electrons. The van der Waals surface area contributed by atoms with Gasteiger partial charge in [0, 0.05) is 12.6 Å². The SMILES string of the molecule is CC[C@H](C(=O)NC1CCCCC1)N(Cc1ccc(OC)cc1)C(=O)CN(c1ccc(C)c(C)c1)S(C)(=O)=O. The number of carbonyl (C=O) groups is 2. The van der Waals surface area contributed by atoms with Crippen molar-refractivity contribution in [3.05, 3.63) is 59.2 Å². The van der Waals surface area contributed by atoms with E-state index in [0.717, 1.165) is 52.9 Å². The van der Waals surface area contributed by atoms with E-state index < -0.39 is 28.5 Å². The van der Waals surface area contributed by atoms with Gasteiger partial charge >= 0.3 is 0 Å². The zero-order valence-electron chi connectivity index (χ0n) is 23.2. The molecule has 2 aromatic rings. The third kappa shape index (κ3) is 7.72. The van der Waals surface area contributed by atoms with Crippen LogP contribution in [-0.4, -0.2) is 57.1 Å². The molecule has 2 aromatic carbocycles. The molecule has 2 amide bonds. The monoisotopic (exact) mass is 543 g/mol. The molecule has 1 aliphatic carbocycles. The largest absolute Gasteiger partial charge is 0.497 e. The Bertz CT molecular complexity index is 1210. The van der Waals surface area contributed by atoms with E-state index >= 15 is 0 Å². The number of benzene rings is 2. The number of nitrogens with one attached hydrogen (secondary N) is 1. The van der Waals surface area contributed by atoms with Gasteiger partial charge in [-0.25, -0.2) is 8.42 Å². The molecule has 8 nitrogen and oxygen atoms in total. The van der Waals surface area contributed by atoms with Crippen LogP contribution in [0.3, 0.4) is 0 Å². The van der Waals surface area contributed by atoms with Crippen molar-refractivity contribution in [2.24, 2.45) is 0 Å². The maximum Gasteiger partial charge on any atom is 0.244 e. The summed E-state index contributed by atoms with van der Waals surface area (Å²) in [5.41, 5.74) is 3.20. The number of aryl methyl sites for hydroxylation is 2. The smallest absolute Gasteiger partial charge is 0.244 e. The molecular weight excluding hydrogens is 502 g/mol. The topological polar surface area (TPSA) is 96.0 Å². The average molecular weight is 544 g/mol. The normalized spacial score (nSPS) is 15.0. The number of rotatable bonds is 11. The molecule has 38 heavy (non-hydrogen) atoms. The fraction of sp³-hybridized carbons (Fsp3) is 0.517. The first-order valence-corrected chi connectivity index (χ1v) is 15.2. The molecule has 0 spiro atoms. The molecule has 1 aliphatic rings. The summed E-state index contributed by atoms with van der Waals surface area (Å²) < 4.78 is 32.0. The van der Waals surface area contributed by atoms with E-state index in [9.17, 15) is 18.0 Å². The van der Waals surface area contributed by atoms with Gasteiger partial charge in [-0.2, -0.15) is 0 Å². The van der Waals surface area contributed by atoms with Crippen LogP contribution >= 0.6 is 0 Å². The zero-order valence-corrected chi connectivity index (χ0v) is 24.0. The highest BCUT2D eigenvalue weighted by Crippen LogP contribution is 2.23. The van der Waals surface area contributed by atoms with Crippen LogP contribution in [0.5, 0.6) is 5.75 Å². The summed E-state index contributed by atoms with van der Waals surface area (Å²) in [6.45, 7) is 5.49. The highest BCUT2D eigenvalue weighted by Gasteiger charge is 2.32. The van der Waals surface area contributed by atoms with Gasteiger partial charge < -0.3 is 15.0 Å². The summed E-state index contributed by atoms with van der Waals surface area (Å²) in [6.07, 6.45) is 6.70. The second-order valence-corrected chi connectivity index (χ2v) is 12.1. The van der Waals surface area contributed by atoms with E-state index in [2.05, 4.69) is 5.32 Å². The third-order valence-electron chi connectivity index (χ3n) is 7.31. The summed E-state index contributed by atoms with van der Waals surface area (Å²) in [5, 5.41) is 3.15. The number of amides is 2. The van der Waals surface area contributed by atoms with Crippen molar-refractivity contribution in [2.75, 3.05) is 24.2 Å². The number of anilines is 1. The molecule has 3 rings (SSSR count). The second kappa shape index (κ2) is 13.1. The maximum absolute atomic E-state index is 13.9. The van der Waals surface area contributed by atoms with Crippen LogP contribution in [0, 0.1) is 13.8 Å². The summed E-state index contributed by atoms with van der Waals surface area (Å²) in [5.74, 6) is 0.0557. The van der Waals surface area contributed by atoms with Gasteiger partial charge in [0.25, 0.3) is 0 Å². The number of ether oxygens (including phenoxy) is 1. The van der Waals surface area contributed by atoms with Crippen molar-refractivity contribution >= 4 is 27.5 Å². The highest BCUT2D eigenvalue weighted by atomic mass is 32.2. The fourth-order valence-corrected chi connectivity index (χ4v) is 5.73. The molecule has 208 valence electrons. The Labute approximate surface area is 227 Å². The first-order valence-electron chi connectivity index (χ1n) is 13.3. The predicted molar refractivity (Wildman–Crippen MR) is 151 cm³/mol. The molecule has 0 aromatic heterocycles. The third-order valence-corrected chi connectivity index (χ3v) is 8.45. The minimum atomic E-state index is -3.76. The van der Waals surface area contributed by atoms with Crippen LogP contribution in [0.2, 0.25) is 0 Å². The quantitative estimate of drug-likeness (QED) is 0.455. The van der Waals surface area contributed by atoms with Gasteiger partial charge in [-0.15, -0.1) is 0 Å². The minimum Gasteiger partial charge on any atom is -0.497 e. The molecule has 1 atom stereocenters. The lowest BCUT2D eigenvalue weighted by Crippen LogP contribution is -2.53. The lowest BCUT2D eigenvalue weighted by Gasteiger charge is -2.34. The van der Waals surface area contributed by atoms with Gasteiger partial charge in [0.1, 0.15) is 18.3 Å². The van der Waals surface area contributed by atoms with Gasteiger partial charge in [-0.3, -0.25) is 13.9 Å². The lowest BCUT2D eigenvalue weighted by molar-refractivity contribution is -0.140. The predicted octanol–water partition coefficient (Wildman–Crippen LogP) is 4.33. The first kappa shape index (κ1) is 29.5. The molecule has 0 unspecified atom stereocenters. The van der Waals surface area contributed by atoms with Crippen molar-refractivity contribution in [1.82, 2.24) is 10.2 Å². The van der Waals surface area contributed by atoms with Crippen LogP contribution in [0.25, 0.3) is 0 Å². The molecular formula is C29H41N3O5S. The van der Waals surface area contributed by atoms with Crippen LogP contribution in [0.15, 0.2) is 42.5 Å². The van der Waals surface area contributed by atoms with Gasteiger partial charge in [-0.05, 0) is 74.1 Å². The Balaban J connectivity index is 1.92. The van der Waals surface area contributed by atoms with E-state index in [0.29, 0.717) is 17.9 Å². The minimum absolute atomic E-state index is 0.103. The molecule has 0 aliphatic heterocycles. The molecule has 0 saturated heterocycles. The molecule has 1 N–H and O–H groups in total. The van der Waals surface area contributed by atoms with E-state index in [4.69, 9.17) is 4.74 Å². The van der Waals surface area contributed by atoms with E-state index in [1.54, 1.807) is 31.4 Å². The van der Waals surface area contributed by atoms with Gasteiger partial charge in [0.15, 0.2) is 0 Å². The van der Waals surface area contributed by atoms with Gasteiger partial charge in [-0.1, -0.05) is 44.4 Å². The average Bonchev–Trinajstić information content (AvgIpc) is 2.89. The van der Waals surface area contributed by atoms with Gasteiger partial charge in [0.2, 0.25) is 21.8 Å². The zero-order chi connectivity index (χ0) is 27.9. The number of carbonyl (C=O) groups excluding carboxylic acids is 2. The second-order valence-electron chi connectivity index (χ2n) is 10.2. The Hall–Kier alpha value is -3.07. The first-order chi connectivity index (χ1) is 18.0. The summed E-state index contributed by atoms with van der Waals surface area (Å²) >= 11 is 0. The lowest BCUT2D eigenvalue weighted by atomic mass is 9.95. The van der Waals surface area contributed by atoms with E-state index in [1.807, 2.05) is 39.0 Å². The van der Waals surface area contributed by atoms with Crippen molar-refractivity contribution in [3.8, 4) is 5.75 Å². The molecule has 1 saturated carbocycles. The number of hydrogen-bond acceptors (Lipinski definition) is 5. The maximum atomic E-state index is 13.9. The molecule has 9 heteroatoms. The van der Waals surface area contributed by atoms with Crippen LogP contribution in [-0.2, 0) is 26.2 Å². The summed E-state index contributed by atoms with van der Waals surface area (Å²) in [4.78, 5) is 28.8. The number of methoxy groups -OCH3 is 1. The van der Waals surface area contributed by atoms with Crippen molar-refractivity contribution in [1.29, 1.82) is 0 Å². The Morgan fingerprint density at radius 2 is 1.68 bits per heavy atom. The van der Waals surface area contributed by atoms with Crippen molar-refractivity contribution in [2.45, 2.75) is 77.9 Å². The standard InChI is InChI=1S/C29H41N3O5S/c1-6-27(29(34)30-24-10-8-7-9-11-24)31(19-23-13-16-26(37-4)17-14-23)28(33)20-32(38(5,35)36)25-15-12-21(2)22(3)18-25/h12-18,24,27H,6-11,19-20H2,1-5H3,(H,30,34)/t27-/m1/s1. The number of hydrogen-bond donors (Lipinski definition) is 1. The molecule has 0 bridgehead atoms. The molecule has 0 heterocycles. The Morgan fingerprint density at radius 3 is 2.24 bits per heavy atom. The van der Waals surface area contributed by atoms with Crippen LogP contribution in [0.4, 0.5) is 5.69 Å². The van der Waals surface area contributed by atoms with Crippen LogP contribution < -0.4 is 14.4 Å². The summed E-state index contributed by atoms with van der Waals surface area (Å²) in [6, 6.07) is 12.0. The van der Waals surface area contributed by atoms with E-state index in [1.165, 1.54) is 11.3 Å². The van der Waals surface area contributed by atoms with Crippen molar-refractivity contribution < 1.29 is 22.7 Å². The Morgan fingerprint density at radius 1 is 1.03 bits per heavy atom. The molecule has 1 fully saturated rings.